The van der Waals surface area contributed by atoms with E-state index in [0.29, 0.717) is 23.2 Å². The number of carbonyl (C=O) groups excluding carboxylic acids is 1. The van der Waals surface area contributed by atoms with Crippen LogP contribution in [0.4, 0.5) is 5.69 Å². The van der Waals surface area contributed by atoms with E-state index in [0.717, 1.165) is 39.9 Å². The normalized spacial score (nSPS) is 14.9. The van der Waals surface area contributed by atoms with E-state index >= 15 is 0 Å². The molecule has 31 heavy (non-hydrogen) atoms. The van der Waals surface area contributed by atoms with Crippen LogP contribution in [0.25, 0.3) is 11.3 Å². The molecule has 2 aromatic carbocycles. The van der Waals surface area contributed by atoms with Crippen molar-refractivity contribution in [1.29, 1.82) is 0 Å². The van der Waals surface area contributed by atoms with Crippen molar-refractivity contribution in [2.24, 2.45) is 0 Å². The van der Waals surface area contributed by atoms with Gasteiger partial charge in [0.05, 0.1) is 5.69 Å². The van der Waals surface area contributed by atoms with Gasteiger partial charge in [0.2, 0.25) is 23.2 Å². The van der Waals surface area contributed by atoms with Gasteiger partial charge in [-0.2, -0.15) is 4.98 Å². The predicted octanol–water partition coefficient (Wildman–Crippen LogP) is 6.03. The number of rotatable bonds is 6. The highest BCUT2D eigenvalue weighted by Crippen LogP contribution is 2.43. The van der Waals surface area contributed by atoms with Crippen molar-refractivity contribution < 1.29 is 9.53 Å². The number of carbonyl (C=O) groups is 1. The van der Waals surface area contributed by atoms with Crippen LogP contribution in [0.15, 0.2) is 58.2 Å². The highest BCUT2D eigenvalue weighted by atomic mass is 79.9. The summed E-state index contributed by atoms with van der Waals surface area (Å²) >= 11 is 5.10. The van der Waals surface area contributed by atoms with E-state index < -0.39 is 6.23 Å². The van der Waals surface area contributed by atoms with Crippen LogP contribution in [0.3, 0.4) is 0 Å². The molecule has 1 amide bonds. The van der Waals surface area contributed by atoms with Gasteiger partial charge >= 0.3 is 0 Å². The SMILES string of the molecule is CCCCSc1nnc2c(n1)O[C@@H](c1cccc(Br)c1)N(C(=O)CC)c1ccccc1-2. The van der Waals surface area contributed by atoms with Crippen molar-refractivity contribution in [3.63, 3.8) is 0 Å². The number of unbranched alkanes of at least 4 members (excludes halogenated alkanes) is 1. The fourth-order valence-electron chi connectivity index (χ4n) is 3.40. The lowest BCUT2D eigenvalue weighted by atomic mass is 10.1. The highest BCUT2D eigenvalue weighted by molar-refractivity contribution is 9.10. The summed E-state index contributed by atoms with van der Waals surface area (Å²) in [6.07, 6.45) is 1.86. The Morgan fingerprint density at radius 1 is 1.16 bits per heavy atom. The fourth-order valence-corrected chi connectivity index (χ4v) is 4.68. The molecule has 0 radical (unpaired) electrons. The van der Waals surface area contributed by atoms with Crippen molar-refractivity contribution in [2.75, 3.05) is 10.7 Å². The van der Waals surface area contributed by atoms with Crippen molar-refractivity contribution in [2.45, 2.75) is 44.5 Å². The lowest BCUT2D eigenvalue weighted by molar-refractivity contribution is -0.120. The first-order valence-corrected chi connectivity index (χ1v) is 12.1. The average molecular weight is 499 g/mol. The van der Waals surface area contributed by atoms with Crippen LogP contribution in [-0.2, 0) is 4.79 Å². The van der Waals surface area contributed by atoms with Crippen LogP contribution in [0.5, 0.6) is 5.88 Å². The third kappa shape index (κ3) is 4.60. The van der Waals surface area contributed by atoms with Gasteiger partial charge in [-0.05, 0) is 24.6 Å². The minimum Gasteiger partial charge on any atom is -0.447 e. The van der Waals surface area contributed by atoms with E-state index in [1.165, 1.54) is 0 Å². The quantitative estimate of drug-likeness (QED) is 0.305. The maximum atomic E-state index is 13.1. The molecule has 0 bridgehead atoms. The average Bonchev–Trinajstić information content (AvgIpc) is 2.93. The summed E-state index contributed by atoms with van der Waals surface area (Å²) in [5.74, 6) is 1.26. The van der Waals surface area contributed by atoms with Crippen LogP contribution in [0.2, 0.25) is 0 Å². The van der Waals surface area contributed by atoms with E-state index in [9.17, 15) is 4.79 Å². The number of para-hydroxylation sites is 1. The van der Waals surface area contributed by atoms with Gasteiger partial charge in [0.1, 0.15) is 0 Å². The second-order valence-electron chi connectivity index (χ2n) is 7.11. The number of aromatic nitrogens is 3. The largest absolute Gasteiger partial charge is 0.447 e. The molecule has 4 rings (SSSR count). The molecule has 6 nitrogen and oxygen atoms in total. The number of hydrogen-bond acceptors (Lipinski definition) is 6. The minimum atomic E-state index is -0.669. The zero-order chi connectivity index (χ0) is 21.8. The molecule has 0 fully saturated rings. The molecule has 1 aliphatic heterocycles. The molecule has 0 saturated carbocycles. The Morgan fingerprint density at radius 3 is 2.77 bits per heavy atom. The van der Waals surface area contributed by atoms with Crippen LogP contribution in [0.1, 0.15) is 44.9 Å². The Kier molecular flexibility index (Phi) is 6.87. The molecule has 3 aromatic rings. The van der Waals surface area contributed by atoms with Crippen molar-refractivity contribution in [3.05, 3.63) is 58.6 Å². The van der Waals surface area contributed by atoms with Gasteiger partial charge in [-0.3, -0.25) is 9.69 Å². The van der Waals surface area contributed by atoms with Crippen molar-refractivity contribution in [1.82, 2.24) is 15.2 Å². The summed E-state index contributed by atoms with van der Waals surface area (Å²) in [6.45, 7) is 4.00. The molecule has 1 aromatic heterocycles. The summed E-state index contributed by atoms with van der Waals surface area (Å²) in [4.78, 5) is 19.5. The Morgan fingerprint density at radius 2 is 2.00 bits per heavy atom. The zero-order valence-corrected chi connectivity index (χ0v) is 19.8. The molecule has 0 saturated heterocycles. The smallest absolute Gasteiger partial charge is 0.247 e. The van der Waals surface area contributed by atoms with Crippen LogP contribution in [-0.4, -0.2) is 26.8 Å². The van der Waals surface area contributed by atoms with Gasteiger partial charge in [0.15, 0.2) is 5.69 Å². The Hall–Kier alpha value is -2.45. The second-order valence-corrected chi connectivity index (χ2v) is 9.09. The van der Waals surface area contributed by atoms with Crippen LogP contribution < -0.4 is 9.64 Å². The predicted molar refractivity (Wildman–Crippen MR) is 126 cm³/mol. The standard InChI is InChI=1S/C23H23BrN4O2S/c1-3-5-13-31-23-25-21-20(26-27-23)17-11-6-7-12-18(17)28(19(29)4-2)22(30-21)15-9-8-10-16(24)14-15/h6-12,14,22H,3-5,13H2,1-2H3/t22-/m0/s1. The molecular formula is C23H23BrN4O2S. The number of hydrogen-bond donors (Lipinski definition) is 0. The van der Waals surface area contributed by atoms with Gasteiger partial charge in [0.25, 0.3) is 0 Å². The van der Waals surface area contributed by atoms with E-state index in [1.807, 2.05) is 55.5 Å². The van der Waals surface area contributed by atoms with E-state index in [4.69, 9.17) is 4.74 Å². The molecular weight excluding hydrogens is 476 g/mol. The van der Waals surface area contributed by atoms with Gasteiger partial charge in [-0.1, -0.05) is 78.3 Å². The summed E-state index contributed by atoms with van der Waals surface area (Å²) in [7, 11) is 0. The van der Waals surface area contributed by atoms with E-state index in [-0.39, 0.29) is 5.91 Å². The maximum Gasteiger partial charge on any atom is 0.247 e. The van der Waals surface area contributed by atoms with Gasteiger partial charge in [0, 0.05) is 27.8 Å². The lowest BCUT2D eigenvalue weighted by Crippen LogP contribution is -2.37. The number of nitrogens with zero attached hydrogens (tertiary/aromatic N) is 4. The molecule has 1 atom stereocenters. The first-order valence-electron chi connectivity index (χ1n) is 10.3. The molecule has 1 aliphatic rings. The first-order chi connectivity index (χ1) is 15.1. The number of halogens is 1. The van der Waals surface area contributed by atoms with Gasteiger partial charge in [-0.25, -0.2) is 0 Å². The zero-order valence-electron chi connectivity index (χ0n) is 17.4. The third-order valence-electron chi connectivity index (χ3n) is 4.95. The van der Waals surface area contributed by atoms with Crippen LogP contribution >= 0.6 is 27.7 Å². The summed E-state index contributed by atoms with van der Waals surface area (Å²) in [5.41, 5.74) is 2.90. The molecule has 2 heterocycles. The monoisotopic (exact) mass is 498 g/mol. The number of amides is 1. The fraction of sp³-hybridized carbons (Fsp3) is 0.304. The number of anilines is 1. The molecule has 160 valence electrons. The Labute approximate surface area is 194 Å². The summed E-state index contributed by atoms with van der Waals surface area (Å²) < 4.78 is 7.33. The van der Waals surface area contributed by atoms with E-state index in [1.54, 1.807) is 16.7 Å². The number of fused-ring (bicyclic) bond motifs is 3. The molecule has 0 spiro atoms. The maximum absolute atomic E-state index is 13.1. The number of ether oxygens (including phenoxy) is 1. The van der Waals surface area contributed by atoms with Crippen LogP contribution in [0, 0.1) is 0 Å². The summed E-state index contributed by atoms with van der Waals surface area (Å²) in [6, 6.07) is 15.5. The number of thioether (sulfide) groups is 1. The lowest BCUT2D eigenvalue weighted by Gasteiger charge is -2.30. The topological polar surface area (TPSA) is 68.2 Å². The Bertz CT molecular complexity index is 1090. The third-order valence-corrected chi connectivity index (χ3v) is 6.36. The molecule has 8 heteroatoms. The van der Waals surface area contributed by atoms with Gasteiger partial charge in [-0.15, -0.1) is 10.2 Å². The molecule has 0 aliphatic carbocycles. The second kappa shape index (κ2) is 9.78. The minimum absolute atomic E-state index is 0.0456. The van der Waals surface area contributed by atoms with Crippen molar-refractivity contribution >= 4 is 39.3 Å². The highest BCUT2D eigenvalue weighted by Gasteiger charge is 2.35. The Balaban J connectivity index is 1.87. The van der Waals surface area contributed by atoms with Crippen molar-refractivity contribution in [3.8, 4) is 17.1 Å². The van der Waals surface area contributed by atoms with Gasteiger partial charge < -0.3 is 4.74 Å². The molecule has 0 unspecified atom stereocenters. The van der Waals surface area contributed by atoms with E-state index in [2.05, 4.69) is 38.0 Å². The first kappa shape index (κ1) is 21.8. The number of benzene rings is 2. The summed E-state index contributed by atoms with van der Waals surface area (Å²) in [5, 5.41) is 9.35. The molecule has 0 N–H and O–H groups in total.